The number of hydrogen-bond donors (Lipinski definition) is 0. The zero-order valence-corrected chi connectivity index (χ0v) is 13.3. The lowest BCUT2D eigenvalue weighted by Gasteiger charge is -2.34. The third kappa shape index (κ3) is 4.43. The van der Waals surface area contributed by atoms with Gasteiger partial charge in [-0.15, -0.1) is 0 Å². The fourth-order valence-electron chi connectivity index (χ4n) is 2.62. The first-order valence-electron chi connectivity index (χ1n) is 7.55. The molecule has 1 aliphatic rings. The van der Waals surface area contributed by atoms with E-state index in [1.807, 2.05) is 32.9 Å². The van der Waals surface area contributed by atoms with Crippen LogP contribution in [0.3, 0.4) is 0 Å². The molecule has 0 aromatic heterocycles. The van der Waals surface area contributed by atoms with Crippen LogP contribution >= 0.6 is 0 Å². The van der Waals surface area contributed by atoms with Crippen molar-refractivity contribution in [3.05, 3.63) is 29.8 Å². The second-order valence-corrected chi connectivity index (χ2v) is 6.56. The van der Waals surface area contributed by atoms with E-state index in [1.54, 1.807) is 17.0 Å². The molecule has 1 fully saturated rings. The first kappa shape index (κ1) is 16.2. The van der Waals surface area contributed by atoms with Gasteiger partial charge in [0.1, 0.15) is 5.60 Å². The summed E-state index contributed by atoms with van der Waals surface area (Å²) in [7, 11) is 0. The molecule has 118 valence electrons. The fraction of sp³-hybridized carbons (Fsp3) is 0.529. The number of hydrogen-bond acceptors (Lipinski definition) is 4. The Kier molecular flexibility index (Phi) is 4.99. The molecule has 22 heavy (non-hydrogen) atoms. The zero-order chi connectivity index (χ0) is 16.2. The summed E-state index contributed by atoms with van der Waals surface area (Å²) in [6.07, 6.45) is 3.28. The summed E-state index contributed by atoms with van der Waals surface area (Å²) in [5.41, 5.74) is 1.27. The van der Waals surface area contributed by atoms with E-state index in [4.69, 9.17) is 4.74 Å². The van der Waals surface area contributed by atoms with E-state index in [9.17, 15) is 9.59 Å². The van der Waals surface area contributed by atoms with Crippen LogP contribution in [0.5, 0.6) is 0 Å². The Balaban J connectivity index is 2.03. The van der Waals surface area contributed by atoms with Gasteiger partial charge in [-0.05, 0) is 51.3 Å². The molecule has 1 heterocycles. The topological polar surface area (TPSA) is 59.0 Å². The molecule has 5 heteroatoms. The third-order valence-corrected chi connectivity index (χ3v) is 3.61. The number of benzene rings is 1. The van der Waals surface area contributed by atoms with Gasteiger partial charge < -0.3 is 9.64 Å². The van der Waals surface area contributed by atoms with E-state index < -0.39 is 5.60 Å². The Labute approximate surface area is 131 Å². The van der Waals surface area contributed by atoms with Gasteiger partial charge in [0.25, 0.3) is 0 Å². The fourth-order valence-corrected chi connectivity index (χ4v) is 2.62. The largest absolute Gasteiger partial charge is 0.444 e. The SMILES string of the molecule is CC(C)(C)OC(=O)N1CCCC(c2ccc(N=C=O)cc2)C1. The van der Waals surface area contributed by atoms with E-state index in [2.05, 4.69) is 4.99 Å². The number of amides is 1. The highest BCUT2D eigenvalue weighted by Gasteiger charge is 2.28. The summed E-state index contributed by atoms with van der Waals surface area (Å²) in [5.74, 6) is 0.288. The Hall–Kier alpha value is -2.13. The molecule has 0 spiro atoms. The van der Waals surface area contributed by atoms with Crippen molar-refractivity contribution < 1.29 is 14.3 Å². The summed E-state index contributed by atoms with van der Waals surface area (Å²) in [4.78, 5) is 27.8. The molecule has 1 aromatic carbocycles. The number of isocyanates is 1. The highest BCUT2D eigenvalue weighted by molar-refractivity contribution is 5.68. The number of rotatable bonds is 2. The van der Waals surface area contributed by atoms with Gasteiger partial charge in [0.05, 0.1) is 5.69 Å². The molecular weight excluding hydrogens is 280 g/mol. The molecule has 1 unspecified atom stereocenters. The maximum Gasteiger partial charge on any atom is 0.410 e. The molecule has 5 nitrogen and oxygen atoms in total. The van der Waals surface area contributed by atoms with Crippen LogP contribution in [0.4, 0.5) is 10.5 Å². The molecule has 1 amide bonds. The maximum atomic E-state index is 12.2. The maximum absolute atomic E-state index is 12.2. The van der Waals surface area contributed by atoms with Gasteiger partial charge in [-0.1, -0.05) is 12.1 Å². The summed E-state index contributed by atoms with van der Waals surface area (Å²) >= 11 is 0. The molecule has 0 bridgehead atoms. The first-order chi connectivity index (χ1) is 10.4. The number of aliphatic imine (C=N–C) groups is 1. The molecule has 0 N–H and O–H groups in total. The third-order valence-electron chi connectivity index (χ3n) is 3.61. The van der Waals surface area contributed by atoms with Crippen molar-refractivity contribution in [3.8, 4) is 0 Å². The number of likely N-dealkylation sites (tertiary alicyclic amines) is 1. The quantitative estimate of drug-likeness (QED) is 0.617. The molecule has 2 rings (SSSR count). The van der Waals surface area contributed by atoms with Crippen molar-refractivity contribution >= 4 is 17.9 Å². The molecular formula is C17H22N2O3. The Morgan fingerprint density at radius 2 is 2.00 bits per heavy atom. The van der Waals surface area contributed by atoms with E-state index >= 15 is 0 Å². The predicted molar refractivity (Wildman–Crippen MR) is 84.0 cm³/mol. The first-order valence-corrected chi connectivity index (χ1v) is 7.55. The van der Waals surface area contributed by atoms with Crippen molar-refractivity contribution in [2.24, 2.45) is 4.99 Å². The number of nitrogens with zero attached hydrogens (tertiary/aromatic N) is 2. The molecule has 1 atom stereocenters. The molecule has 0 saturated carbocycles. The van der Waals surface area contributed by atoms with Crippen LogP contribution in [-0.4, -0.2) is 35.8 Å². The van der Waals surface area contributed by atoms with Crippen LogP contribution in [0.25, 0.3) is 0 Å². The smallest absolute Gasteiger partial charge is 0.410 e. The lowest BCUT2D eigenvalue weighted by Crippen LogP contribution is -2.42. The van der Waals surface area contributed by atoms with Gasteiger partial charge in [-0.25, -0.2) is 9.59 Å². The Bertz CT molecular complexity index is 569. The van der Waals surface area contributed by atoms with E-state index in [0.29, 0.717) is 12.2 Å². The van der Waals surface area contributed by atoms with Crippen molar-refractivity contribution in [2.75, 3.05) is 13.1 Å². The minimum absolute atomic E-state index is 0.251. The van der Waals surface area contributed by atoms with Crippen LogP contribution in [0.2, 0.25) is 0 Å². The van der Waals surface area contributed by atoms with E-state index in [1.165, 1.54) is 6.08 Å². The minimum Gasteiger partial charge on any atom is -0.444 e. The highest BCUT2D eigenvalue weighted by Crippen LogP contribution is 2.29. The monoisotopic (exact) mass is 302 g/mol. The highest BCUT2D eigenvalue weighted by atomic mass is 16.6. The minimum atomic E-state index is -0.474. The van der Waals surface area contributed by atoms with Gasteiger partial charge in [0, 0.05) is 19.0 Å². The van der Waals surface area contributed by atoms with Crippen molar-refractivity contribution in [1.29, 1.82) is 0 Å². The predicted octanol–water partition coefficient (Wildman–Crippen LogP) is 3.77. The van der Waals surface area contributed by atoms with Gasteiger partial charge in [0.15, 0.2) is 0 Å². The Morgan fingerprint density at radius 1 is 1.32 bits per heavy atom. The molecule has 0 aliphatic carbocycles. The van der Waals surface area contributed by atoms with E-state index in [0.717, 1.165) is 24.9 Å². The van der Waals surface area contributed by atoms with Gasteiger partial charge >= 0.3 is 6.09 Å². The normalized spacial score (nSPS) is 18.5. The van der Waals surface area contributed by atoms with Gasteiger partial charge in [0.2, 0.25) is 6.08 Å². The van der Waals surface area contributed by atoms with Crippen molar-refractivity contribution in [1.82, 2.24) is 4.90 Å². The average molecular weight is 302 g/mol. The van der Waals surface area contributed by atoms with Gasteiger partial charge in [-0.2, -0.15) is 4.99 Å². The lowest BCUT2D eigenvalue weighted by molar-refractivity contribution is 0.0198. The Morgan fingerprint density at radius 3 is 2.59 bits per heavy atom. The van der Waals surface area contributed by atoms with Crippen LogP contribution < -0.4 is 0 Å². The van der Waals surface area contributed by atoms with Crippen LogP contribution in [0.15, 0.2) is 29.3 Å². The number of ether oxygens (including phenoxy) is 1. The van der Waals surface area contributed by atoms with Gasteiger partial charge in [-0.3, -0.25) is 0 Å². The summed E-state index contributed by atoms with van der Waals surface area (Å²) in [6.45, 7) is 7.01. The number of carbonyl (C=O) groups is 1. The number of carbonyl (C=O) groups excluding carboxylic acids is 2. The van der Waals surface area contributed by atoms with Crippen LogP contribution in [-0.2, 0) is 9.53 Å². The van der Waals surface area contributed by atoms with Crippen LogP contribution in [0, 0.1) is 0 Å². The summed E-state index contributed by atoms with van der Waals surface area (Å²) < 4.78 is 5.44. The second kappa shape index (κ2) is 6.75. The molecule has 1 aromatic rings. The number of piperidine rings is 1. The second-order valence-electron chi connectivity index (χ2n) is 6.56. The standard InChI is InChI=1S/C17H22N2O3/c1-17(2,3)22-16(21)19-10-4-5-14(11-19)13-6-8-15(9-7-13)18-12-20/h6-9,14H,4-5,10-11H2,1-3H3. The van der Waals surface area contributed by atoms with Crippen LogP contribution in [0.1, 0.15) is 45.1 Å². The van der Waals surface area contributed by atoms with Crippen molar-refractivity contribution in [3.63, 3.8) is 0 Å². The zero-order valence-electron chi connectivity index (χ0n) is 13.3. The average Bonchev–Trinajstić information content (AvgIpc) is 2.47. The lowest BCUT2D eigenvalue weighted by atomic mass is 9.91. The summed E-state index contributed by atoms with van der Waals surface area (Å²) in [6, 6.07) is 7.51. The van der Waals surface area contributed by atoms with E-state index in [-0.39, 0.29) is 12.0 Å². The molecule has 0 radical (unpaired) electrons. The summed E-state index contributed by atoms with van der Waals surface area (Å²) in [5, 5.41) is 0. The molecule has 1 saturated heterocycles. The van der Waals surface area contributed by atoms with Crippen molar-refractivity contribution in [2.45, 2.75) is 45.1 Å². The molecule has 1 aliphatic heterocycles.